The molecule has 2 aliphatic rings. The molecule has 2 aromatic carbocycles. The Kier molecular flexibility index (Phi) is 5.48. The molecule has 0 radical (unpaired) electrons. The van der Waals surface area contributed by atoms with Crippen LogP contribution in [0.1, 0.15) is 59.4 Å². The molecule has 0 bridgehead atoms. The van der Waals surface area contributed by atoms with Crippen molar-refractivity contribution in [3.05, 3.63) is 64.2 Å². The van der Waals surface area contributed by atoms with Crippen molar-refractivity contribution in [2.75, 3.05) is 13.7 Å². The van der Waals surface area contributed by atoms with Gasteiger partial charge in [0, 0.05) is 5.54 Å². The summed E-state index contributed by atoms with van der Waals surface area (Å²) in [6.45, 7) is 2.28. The van der Waals surface area contributed by atoms with Crippen LogP contribution in [0.2, 0.25) is 0 Å². The van der Waals surface area contributed by atoms with Gasteiger partial charge in [-0.2, -0.15) is 0 Å². The molecule has 3 atom stereocenters. The van der Waals surface area contributed by atoms with Gasteiger partial charge in [0.25, 0.3) is 0 Å². The van der Waals surface area contributed by atoms with E-state index in [0.29, 0.717) is 11.8 Å². The van der Waals surface area contributed by atoms with Gasteiger partial charge in [0.15, 0.2) is 0 Å². The molecule has 2 aromatic rings. The largest absolute Gasteiger partial charge is 0.497 e. The first-order chi connectivity index (χ1) is 13.5. The number of ether oxygens (including phenoxy) is 1. The maximum absolute atomic E-state index is 9.55. The van der Waals surface area contributed by atoms with E-state index in [1.807, 2.05) is 0 Å². The minimum atomic E-state index is -0.373. The Morgan fingerprint density at radius 2 is 2.00 bits per heavy atom. The van der Waals surface area contributed by atoms with Gasteiger partial charge in [-0.3, -0.25) is 0 Å². The van der Waals surface area contributed by atoms with Crippen molar-refractivity contribution in [2.45, 2.75) is 63.3 Å². The van der Waals surface area contributed by atoms with Crippen molar-refractivity contribution in [2.24, 2.45) is 11.7 Å². The van der Waals surface area contributed by atoms with E-state index in [1.165, 1.54) is 47.1 Å². The van der Waals surface area contributed by atoms with Crippen molar-refractivity contribution >= 4 is 0 Å². The van der Waals surface area contributed by atoms with Crippen LogP contribution >= 0.6 is 0 Å². The van der Waals surface area contributed by atoms with Crippen LogP contribution in [-0.2, 0) is 19.3 Å². The molecule has 0 aromatic heterocycles. The summed E-state index contributed by atoms with van der Waals surface area (Å²) in [4.78, 5) is 0. The van der Waals surface area contributed by atoms with Crippen LogP contribution in [-0.4, -0.2) is 24.4 Å². The van der Waals surface area contributed by atoms with Crippen LogP contribution in [0.5, 0.6) is 5.75 Å². The van der Waals surface area contributed by atoms with Crippen LogP contribution in [0.4, 0.5) is 0 Å². The summed E-state index contributed by atoms with van der Waals surface area (Å²) in [7, 11) is 1.73. The van der Waals surface area contributed by atoms with Crippen LogP contribution in [0.3, 0.4) is 0 Å². The number of aliphatic hydroxyl groups excluding tert-OH is 1. The zero-order chi connectivity index (χ0) is 19.7. The van der Waals surface area contributed by atoms with Gasteiger partial charge in [-0.15, -0.1) is 0 Å². The number of methoxy groups -OCH3 is 1. The van der Waals surface area contributed by atoms with Crippen LogP contribution in [0.15, 0.2) is 36.4 Å². The molecule has 28 heavy (non-hydrogen) atoms. The third kappa shape index (κ3) is 3.97. The lowest BCUT2D eigenvalue weighted by Gasteiger charge is -2.27. The number of hydrogen-bond donors (Lipinski definition) is 2. The Balaban J connectivity index is 1.44. The molecule has 0 aliphatic heterocycles. The van der Waals surface area contributed by atoms with Gasteiger partial charge in [-0.1, -0.05) is 24.3 Å². The first-order valence-electron chi connectivity index (χ1n) is 10.6. The fourth-order valence-corrected chi connectivity index (χ4v) is 5.20. The molecule has 3 N–H and O–H groups in total. The highest BCUT2D eigenvalue weighted by Gasteiger charge is 2.36. The van der Waals surface area contributed by atoms with E-state index in [2.05, 4.69) is 43.3 Å². The predicted octanol–water partition coefficient (Wildman–Crippen LogP) is 4.31. The number of hydrogen-bond acceptors (Lipinski definition) is 3. The first-order valence-corrected chi connectivity index (χ1v) is 10.6. The van der Waals surface area contributed by atoms with Gasteiger partial charge in [0.1, 0.15) is 5.75 Å². The number of nitrogens with two attached hydrogens (primary N) is 1. The third-order valence-electron chi connectivity index (χ3n) is 7.05. The lowest BCUT2D eigenvalue weighted by Crippen LogP contribution is -2.40. The molecule has 0 amide bonds. The number of rotatable bonds is 5. The Morgan fingerprint density at radius 3 is 2.71 bits per heavy atom. The second-order valence-electron chi connectivity index (χ2n) is 9.09. The number of fused-ring (bicyclic) bond motifs is 1. The van der Waals surface area contributed by atoms with E-state index in [1.54, 1.807) is 7.11 Å². The predicted molar refractivity (Wildman–Crippen MR) is 114 cm³/mol. The van der Waals surface area contributed by atoms with Crippen molar-refractivity contribution in [3.63, 3.8) is 0 Å². The summed E-state index contributed by atoms with van der Waals surface area (Å²) in [6.07, 6.45) is 7.66. The maximum atomic E-state index is 9.55. The Bertz CT molecular complexity index is 846. The maximum Gasteiger partial charge on any atom is 0.119 e. The molecule has 1 fully saturated rings. The van der Waals surface area contributed by atoms with Crippen LogP contribution < -0.4 is 10.5 Å². The van der Waals surface area contributed by atoms with E-state index < -0.39 is 0 Å². The molecule has 2 aliphatic carbocycles. The highest BCUT2D eigenvalue weighted by Crippen LogP contribution is 2.41. The first kappa shape index (κ1) is 19.5. The van der Waals surface area contributed by atoms with Gasteiger partial charge in [0.05, 0.1) is 13.7 Å². The molecule has 1 saturated carbocycles. The second-order valence-corrected chi connectivity index (χ2v) is 9.09. The average molecular weight is 380 g/mol. The molecular weight excluding hydrogens is 346 g/mol. The quantitative estimate of drug-likeness (QED) is 0.814. The minimum absolute atomic E-state index is 0.0981. The summed E-state index contributed by atoms with van der Waals surface area (Å²) in [5, 5.41) is 9.55. The molecule has 4 rings (SSSR count). The number of aliphatic hydroxyl groups is 1. The van der Waals surface area contributed by atoms with Crippen molar-refractivity contribution in [1.82, 2.24) is 0 Å². The number of benzene rings is 2. The topological polar surface area (TPSA) is 55.5 Å². The monoisotopic (exact) mass is 379 g/mol. The lowest BCUT2D eigenvalue weighted by atomic mass is 9.79. The molecular formula is C25H33NO2. The summed E-state index contributed by atoms with van der Waals surface area (Å²) < 4.78 is 5.34. The van der Waals surface area contributed by atoms with Gasteiger partial charge < -0.3 is 15.6 Å². The van der Waals surface area contributed by atoms with Crippen molar-refractivity contribution in [1.29, 1.82) is 0 Å². The highest BCUT2D eigenvalue weighted by atomic mass is 16.5. The fourth-order valence-electron chi connectivity index (χ4n) is 5.20. The van der Waals surface area contributed by atoms with Crippen molar-refractivity contribution < 1.29 is 9.84 Å². The molecule has 0 heterocycles. The molecule has 0 saturated heterocycles. The second kappa shape index (κ2) is 7.88. The normalized spacial score (nSPS) is 26.9. The fraction of sp³-hybridized carbons (Fsp3) is 0.520. The number of aryl methyl sites for hydroxylation is 2. The summed E-state index contributed by atoms with van der Waals surface area (Å²) in [5.41, 5.74) is 13.2. The van der Waals surface area contributed by atoms with Gasteiger partial charge in [0.2, 0.25) is 0 Å². The van der Waals surface area contributed by atoms with Crippen LogP contribution in [0, 0.1) is 12.8 Å². The van der Waals surface area contributed by atoms with E-state index in [9.17, 15) is 5.11 Å². The summed E-state index contributed by atoms with van der Waals surface area (Å²) in [6, 6.07) is 13.5. The lowest BCUT2D eigenvalue weighted by molar-refractivity contribution is 0.198. The van der Waals surface area contributed by atoms with E-state index in [4.69, 9.17) is 10.5 Å². The SMILES string of the molecule is COc1ccc(C[C@@H]2CCc3cc([C@H]4CC[C@@](N)(CO)C4)ccc3C2)c(C)c1. The van der Waals surface area contributed by atoms with Gasteiger partial charge in [-0.25, -0.2) is 0 Å². The zero-order valence-corrected chi connectivity index (χ0v) is 17.2. The van der Waals surface area contributed by atoms with Gasteiger partial charge >= 0.3 is 0 Å². The molecule has 3 nitrogen and oxygen atoms in total. The molecule has 0 unspecified atom stereocenters. The average Bonchev–Trinajstić information content (AvgIpc) is 3.12. The standard InChI is InChI=1S/C25H33NO2/c1-17-11-24(28-2)8-7-19(17)12-18-3-4-21-14-22(6-5-20(21)13-18)23-9-10-25(26,15-23)16-27/h5-8,11,14,18,23,27H,3-4,9-10,12-13,15-16,26H2,1-2H3/t18-,23-,25-/m0/s1. The third-order valence-corrected chi connectivity index (χ3v) is 7.05. The molecule has 0 spiro atoms. The smallest absolute Gasteiger partial charge is 0.119 e. The Morgan fingerprint density at radius 1 is 1.14 bits per heavy atom. The molecule has 3 heteroatoms. The Labute approximate surface area is 168 Å². The Hall–Kier alpha value is -1.84. The van der Waals surface area contributed by atoms with E-state index in [0.717, 1.165) is 31.4 Å². The van der Waals surface area contributed by atoms with E-state index in [-0.39, 0.29) is 12.1 Å². The minimum Gasteiger partial charge on any atom is -0.497 e. The zero-order valence-electron chi connectivity index (χ0n) is 17.2. The summed E-state index contributed by atoms with van der Waals surface area (Å²) >= 11 is 0. The van der Waals surface area contributed by atoms with E-state index >= 15 is 0 Å². The molecule has 150 valence electrons. The van der Waals surface area contributed by atoms with Crippen molar-refractivity contribution in [3.8, 4) is 5.75 Å². The van der Waals surface area contributed by atoms with Crippen LogP contribution in [0.25, 0.3) is 0 Å². The highest BCUT2D eigenvalue weighted by molar-refractivity contribution is 5.38. The summed E-state index contributed by atoms with van der Waals surface area (Å²) in [5.74, 6) is 2.16. The van der Waals surface area contributed by atoms with Gasteiger partial charge in [-0.05, 0) is 104 Å².